The van der Waals surface area contributed by atoms with Gasteiger partial charge in [0.2, 0.25) is 5.91 Å². The number of anilines is 1. The monoisotopic (exact) mass is 427 g/mol. The first-order chi connectivity index (χ1) is 14.2. The second kappa shape index (κ2) is 9.48. The zero-order valence-electron chi connectivity index (χ0n) is 15.9. The number of imidazole rings is 1. The van der Waals surface area contributed by atoms with Crippen LogP contribution < -0.4 is 5.32 Å². The standard InChI is InChI=1S/C22H22ClN3O2S/c23-17-8-4-9-18(12-17)25-21(27)15-29-22-24-13-20(16-6-2-1-3-7-16)26(22)14-19-10-5-11-28-19/h1-4,6-9,12-13,19H,5,10-11,14-15H2,(H,25,27). The maximum absolute atomic E-state index is 12.4. The molecule has 0 saturated carbocycles. The van der Waals surface area contributed by atoms with Crippen LogP contribution in [0.15, 0.2) is 66.0 Å². The molecular weight excluding hydrogens is 406 g/mol. The zero-order valence-corrected chi connectivity index (χ0v) is 17.5. The summed E-state index contributed by atoms with van der Waals surface area (Å²) in [7, 11) is 0. The third kappa shape index (κ3) is 5.21. The fourth-order valence-electron chi connectivity index (χ4n) is 3.38. The molecule has 1 atom stereocenters. The summed E-state index contributed by atoms with van der Waals surface area (Å²) >= 11 is 7.41. The van der Waals surface area contributed by atoms with Gasteiger partial charge in [-0.15, -0.1) is 0 Å². The molecule has 29 heavy (non-hydrogen) atoms. The Bertz CT molecular complexity index is 971. The van der Waals surface area contributed by atoms with Gasteiger partial charge in [0.15, 0.2) is 5.16 Å². The van der Waals surface area contributed by atoms with Crippen LogP contribution in [0.4, 0.5) is 5.69 Å². The number of ether oxygens (including phenoxy) is 1. The first-order valence-corrected chi connectivity index (χ1v) is 11.0. The van der Waals surface area contributed by atoms with Crippen molar-refractivity contribution in [2.75, 3.05) is 17.7 Å². The lowest BCUT2D eigenvalue weighted by atomic mass is 10.1. The fourth-order valence-corrected chi connectivity index (χ4v) is 4.35. The van der Waals surface area contributed by atoms with Crippen molar-refractivity contribution >= 4 is 35.0 Å². The molecular formula is C22H22ClN3O2S. The summed E-state index contributed by atoms with van der Waals surface area (Å²) in [6.07, 6.45) is 4.20. The van der Waals surface area contributed by atoms with Crippen LogP contribution in [-0.2, 0) is 16.1 Å². The zero-order chi connectivity index (χ0) is 20.1. The number of hydrogen-bond acceptors (Lipinski definition) is 4. The molecule has 5 nitrogen and oxygen atoms in total. The highest BCUT2D eigenvalue weighted by Crippen LogP contribution is 2.28. The molecule has 2 heterocycles. The van der Waals surface area contributed by atoms with E-state index in [0.29, 0.717) is 10.7 Å². The quantitative estimate of drug-likeness (QED) is 0.532. The highest BCUT2D eigenvalue weighted by atomic mass is 35.5. The Labute approximate surface area is 179 Å². The Hall–Kier alpha value is -2.28. The van der Waals surface area contributed by atoms with Crippen molar-refractivity contribution in [3.63, 3.8) is 0 Å². The summed E-state index contributed by atoms with van der Waals surface area (Å²) in [5.41, 5.74) is 2.84. The molecule has 0 radical (unpaired) electrons. The van der Waals surface area contributed by atoms with E-state index in [2.05, 4.69) is 27.0 Å². The van der Waals surface area contributed by atoms with Crippen LogP contribution in [0.2, 0.25) is 5.02 Å². The van der Waals surface area contributed by atoms with E-state index in [9.17, 15) is 4.79 Å². The fraction of sp³-hybridized carbons (Fsp3) is 0.273. The molecule has 1 amide bonds. The summed E-state index contributed by atoms with van der Waals surface area (Å²) in [6.45, 7) is 1.55. The summed E-state index contributed by atoms with van der Waals surface area (Å²) in [5.74, 6) is 0.175. The smallest absolute Gasteiger partial charge is 0.234 e. The number of aromatic nitrogens is 2. The topological polar surface area (TPSA) is 56.2 Å². The minimum Gasteiger partial charge on any atom is -0.376 e. The molecule has 150 valence electrons. The third-order valence-electron chi connectivity index (χ3n) is 4.74. The van der Waals surface area contributed by atoms with Gasteiger partial charge in [-0.2, -0.15) is 0 Å². The van der Waals surface area contributed by atoms with Gasteiger partial charge in [-0.1, -0.05) is 59.8 Å². The number of rotatable bonds is 7. The van der Waals surface area contributed by atoms with Crippen LogP contribution in [0.1, 0.15) is 12.8 Å². The van der Waals surface area contributed by atoms with Crippen LogP contribution in [0.25, 0.3) is 11.3 Å². The molecule has 2 aromatic carbocycles. The van der Waals surface area contributed by atoms with Crippen LogP contribution in [-0.4, -0.2) is 33.9 Å². The molecule has 4 rings (SSSR count). The number of thioether (sulfide) groups is 1. The summed E-state index contributed by atoms with van der Waals surface area (Å²) < 4.78 is 8.01. The average Bonchev–Trinajstić information content (AvgIpc) is 3.38. The third-order valence-corrected chi connectivity index (χ3v) is 5.97. The molecule has 1 aromatic heterocycles. The van der Waals surface area contributed by atoms with Gasteiger partial charge in [-0.05, 0) is 36.6 Å². The summed E-state index contributed by atoms with van der Waals surface area (Å²) in [6, 6.07) is 17.3. The Morgan fingerprint density at radius 1 is 1.24 bits per heavy atom. The van der Waals surface area contributed by atoms with Crippen molar-refractivity contribution < 1.29 is 9.53 Å². The molecule has 1 aliphatic heterocycles. The number of hydrogen-bond donors (Lipinski definition) is 1. The van der Waals surface area contributed by atoms with E-state index in [1.807, 2.05) is 36.5 Å². The van der Waals surface area contributed by atoms with Gasteiger partial charge >= 0.3 is 0 Å². The predicted octanol–water partition coefficient (Wildman–Crippen LogP) is 5.11. The molecule has 1 unspecified atom stereocenters. The lowest BCUT2D eigenvalue weighted by molar-refractivity contribution is -0.113. The van der Waals surface area contributed by atoms with E-state index in [-0.39, 0.29) is 17.8 Å². The summed E-state index contributed by atoms with van der Waals surface area (Å²) in [5, 5.41) is 4.29. The molecule has 0 bridgehead atoms. The van der Waals surface area contributed by atoms with Gasteiger partial charge in [-0.25, -0.2) is 4.98 Å². The maximum Gasteiger partial charge on any atom is 0.234 e. The lowest BCUT2D eigenvalue weighted by Gasteiger charge is -2.16. The summed E-state index contributed by atoms with van der Waals surface area (Å²) in [4.78, 5) is 17.0. The number of nitrogens with one attached hydrogen (secondary N) is 1. The highest BCUT2D eigenvalue weighted by molar-refractivity contribution is 7.99. The largest absolute Gasteiger partial charge is 0.376 e. The van der Waals surface area contributed by atoms with Crippen LogP contribution >= 0.6 is 23.4 Å². The molecule has 1 saturated heterocycles. The van der Waals surface area contributed by atoms with E-state index >= 15 is 0 Å². The second-order valence-corrected chi connectivity index (χ2v) is 8.26. The van der Waals surface area contributed by atoms with E-state index in [0.717, 1.165) is 42.4 Å². The normalized spacial score (nSPS) is 16.1. The van der Waals surface area contributed by atoms with Gasteiger partial charge in [-0.3, -0.25) is 4.79 Å². The van der Waals surface area contributed by atoms with Crippen molar-refractivity contribution in [3.8, 4) is 11.3 Å². The molecule has 3 aromatic rings. The Balaban J connectivity index is 1.48. The van der Waals surface area contributed by atoms with Gasteiger partial charge in [0.25, 0.3) is 0 Å². The predicted molar refractivity (Wildman–Crippen MR) is 117 cm³/mol. The second-order valence-electron chi connectivity index (χ2n) is 6.88. The van der Waals surface area contributed by atoms with Crippen LogP contribution in [0.5, 0.6) is 0 Å². The molecule has 0 spiro atoms. The van der Waals surface area contributed by atoms with Gasteiger partial charge in [0.1, 0.15) is 0 Å². The average molecular weight is 428 g/mol. The van der Waals surface area contributed by atoms with Crippen LogP contribution in [0.3, 0.4) is 0 Å². The van der Waals surface area contributed by atoms with Crippen molar-refractivity contribution in [3.05, 3.63) is 65.8 Å². The van der Waals surface area contributed by atoms with Crippen LogP contribution in [0, 0.1) is 0 Å². The minimum absolute atomic E-state index is 0.0924. The van der Waals surface area contributed by atoms with Gasteiger partial charge in [0, 0.05) is 17.3 Å². The van der Waals surface area contributed by atoms with E-state index in [1.165, 1.54) is 11.8 Å². The molecule has 0 aliphatic carbocycles. The van der Waals surface area contributed by atoms with Crippen molar-refractivity contribution in [2.45, 2.75) is 30.6 Å². The molecule has 1 fully saturated rings. The first-order valence-electron chi connectivity index (χ1n) is 9.60. The Kier molecular flexibility index (Phi) is 6.54. The Morgan fingerprint density at radius 3 is 2.86 bits per heavy atom. The lowest BCUT2D eigenvalue weighted by Crippen LogP contribution is -2.18. The molecule has 1 N–H and O–H groups in total. The van der Waals surface area contributed by atoms with E-state index in [1.54, 1.807) is 12.1 Å². The van der Waals surface area contributed by atoms with E-state index < -0.39 is 0 Å². The minimum atomic E-state index is -0.0924. The van der Waals surface area contributed by atoms with Crippen molar-refractivity contribution in [1.82, 2.24) is 9.55 Å². The SMILES string of the molecule is O=C(CSc1ncc(-c2ccccc2)n1CC1CCCO1)Nc1cccc(Cl)c1. The highest BCUT2D eigenvalue weighted by Gasteiger charge is 2.21. The van der Waals surface area contributed by atoms with Crippen molar-refractivity contribution in [2.24, 2.45) is 0 Å². The number of carbonyl (C=O) groups is 1. The number of nitrogens with zero attached hydrogens (tertiary/aromatic N) is 2. The maximum atomic E-state index is 12.4. The number of benzene rings is 2. The molecule has 1 aliphatic rings. The van der Waals surface area contributed by atoms with Crippen molar-refractivity contribution in [1.29, 1.82) is 0 Å². The van der Waals surface area contributed by atoms with Gasteiger partial charge in [0.05, 0.1) is 30.3 Å². The Morgan fingerprint density at radius 2 is 2.10 bits per heavy atom. The molecule has 7 heteroatoms. The number of amides is 1. The van der Waals surface area contributed by atoms with Gasteiger partial charge < -0.3 is 14.6 Å². The van der Waals surface area contributed by atoms with E-state index in [4.69, 9.17) is 16.3 Å². The number of carbonyl (C=O) groups excluding carboxylic acids is 1. The first kappa shape index (κ1) is 20.0. The number of halogens is 1.